The summed E-state index contributed by atoms with van der Waals surface area (Å²) in [6, 6.07) is 32.4. The summed E-state index contributed by atoms with van der Waals surface area (Å²) in [5.74, 6) is 1.57. The van der Waals surface area contributed by atoms with Crippen molar-refractivity contribution in [2.75, 3.05) is 0 Å². The first-order valence-corrected chi connectivity index (χ1v) is 12.0. The third kappa shape index (κ3) is 5.04. The second kappa shape index (κ2) is 10.0. The molecule has 0 aliphatic rings. The molecule has 176 valence electrons. The van der Waals surface area contributed by atoms with Crippen LogP contribution < -0.4 is 4.74 Å². The van der Waals surface area contributed by atoms with Gasteiger partial charge in [-0.2, -0.15) is 0 Å². The van der Waals surface area contributed by atoms with Gasteiger partial charge in [0.15, 0.2) is 0 Å². The van der Waals surface area contributed by atoms with E-state index in [1.165, 1.54) is 5.39 Å². The average molecular weight is 464 g/mol. The largest absolute Gasteiger partial charge is 0.486 e. The number of amides is 1. The number of imidazole rings is 1. The molecule has 5 heteroatoms. The lowest BCUT2D eigenvalue weighted by atomic mass is 10.1. The van der Waals surface area contributed by atoms with Crippen LogP contribution in [0, 0.1) is 0 Å². The number of benzene rings is 4. The number of ether oxygens (including phenoxy) is 1. The molecule has 0 saturated carbocycles. The number of fused-ring (bicyclic) bond motifs is 2. The SMILES string of the molecule is CC(C)N(Cc1ccccc1)C(=O)Cn1c(COc2ccc3ccccc3c2)nc2ccccc21. The minimum Gasteiger partial charge on any atom is -0.486 e. The monoisotopic (exact) mass is 463 g/mol. The highest BCUT2D eigenvalue weighted by atomic mass is 16.5. The van der Waals surface area contributed by atoms with Crippen molar-refractivity contribution >= 4 is 27.7 Å². The maximum Gasteiger partial charge on any atom is 0.243 e. The van der Waals surface area contributed by atoms with Crippen molar-refractivity contribution in [2.24, 2.45) is 0 Å². The zero-order chi connectivity index (χ0) is 24.2. The highest BCUT2D eigenvalue weighted by molar-refractivity contribution is 5.84. The standard InChI is InChI=1S/C30H29N3O2/c1-22(2)32(19-23-10-4-3-5-11-23)30(34)20-33-28-15-9-8-14-27(28)31-29(33)21-35-26-17-16-24-12-6-7-13-25(24)18-26/h3-18,22H,19-21H2,1-2H3. The Hall–Kier alpha value is -4.12. The van der Waals surface area contributed by atoms with Gasteiger partial charge in [0.25, 0.3) is 0 Å². The summed E-state index contributed by atoms with van der Waals surface area (Å²) in [7, 11) is 0. The first-order valence-electron chi connectivity index (χ1n) is 12.0. The van der Waals surface area contributed by atoms with E-state index < -0.39 is 0 Å². The van der Waals surface area contributed by atoms with Gasteiger partial charge in [0.1, 0.15) is 24.7 Å². The van der Waals surface area contributed by atoms with E-state index in [1.54, 1.807) is 0 Å². The quantitative estimate of drug-likeness (QED) is 0.275. The smallest absolute Gasteiger partial charge is 0.243 e. The van der Waals surface area contributed by atoms with Crippen LogP contribution >= 0.6 is 0 Å². The molecule has 5 nitrogen and oxygen atoms in total. The number of carbonyl (C=O) groups is 1. The van der Waals surface area contributed by atoms with E-state index in [0.717, 1.165) is 33.6 Å². The minimum atomic E-state index is 0.0546. The predicted molar refractivity (Wildman–Crippen MR) is 140 cm³/mol. The maximum atomic E-state index is 13.5. The van der Waals surface area contributed by atoms with Crippen LogP contribution in [-0.2, 0) is 24.5 Å². The van der Waals surface area contributed by atoms with E-state index in [9.17, 15) is 4.79 Å². The molecule has 4 aromatic carbocycles. The van der Waals surface area contributed by atoms with Crippen molar-refractivity contribution in [2.45, 2.75) is 39.6 Å². The van der Waals surface area contributed by atoms with Crippen LogP contribution in [0.25, 0.3) is 21.8 Å². The summed E-state index contributed by atoms with van der Waals surface area (Å²) >= 11 is 0. The number of hydrogen-bond donors (Lipinski definition) is 0. The lowest BCUT2D eigenvalue weighted by Crippen LogP contribution is -2.38. The Morgan fingerprint density at radius 2 is 1.60 bits per heavy atom. The first-order chi connectivity index (χ1) is 17.1. The number of nitrogens with zero attached hydrogens (tertiary/aromatic N) is 3. The Balaban J connectivity index is 1.40. The van der Waals surface area contributed by atoms with Gasteiger partial charge in [0, 0.05) is 12.6 Å². The van der Waals surface area contributed by atoms with E-state index in [1.807, 2.05) is 76.2 Å². The Morgan fingerprint density at radius 3 is 2.40 bits per heavy atom. The van der Waals surface area contributed by atoms with E-state index in [2.05, 4.69) is 44.2 Å². The van der Waals surface area contributed by atoms with Gasteiger partial charge < -0.3 is 14.2 Å². The Bertz CT molecular complexity index is 1460. The number of carbonyl (C=O) groups excluding carboxylic acids is 1. The molecule has 5 aromatic rings. The third-order valence-electron chi connectivity index (χ3n) is 6.26. The van der Waals surface area contributed by atoms with Crippen LogP contribution in [-0.4, -0.2) is 26.4 Å². The topological polar surface area (TPSA) is 47.4 Å². The van der Waals surface area contributed by atoms with Crippen LogP contribution in [0.2, 0.25) is 0 Å². The van der Waals surface area contributed by atoms with Crippen molar-refractivity contribution in [3.8, 4) is 5.75 Å². The number of para-hydroxylation sites is 2. The van der Waals surface area contributed by atoms with Gasteiger partial charge in [0.05, 0.1) is 11.0 Å². The molecule has 1 heterocycles. The molecule has 0 aliphatic carbocycles. The molecule has 0 unspecified atom stereocenters. The van der Waals surface area contributed by atoms with E-state index in [4.69, 9.17) is 9.72 Å². The molecule has 5 rings (SSSR count). The molecule has 0 saturated heterocycles. The van der Waals surface area contributed by atoms with Gasteiger partial charge in [-0.15, -0.1) is 0 Å². The van der Waals surface area contributed by atoms with Crippen molar-refractivity contribution in [1.29, 1.82) is 0 Å². The fraction of sp³-hybridized carbons (Fsp3) is 0.200. The number of rotatable bonds is 8. The Morgan fingerprint density at radius 1 is 0.886 bits per heavy atom. The van der Waals surface area contributed by atoms with E-state index in [0.29, 0.717) is 6.54 Å². The molecule has 0 atom stereocenters. The molecule has 1 aromatic heterocycles. The maximum absolute atomic E-state index is 13.5. The van der Waals surface area contributed by atoms with Gasteiger partial charge in [-0.3, -0.25) is 4.79 Å². The summed E-state index contributed by atoms with van der Waals surface area (Å²) in [6.07, 6.45) is 0. The molecule has 0 aliphatic heterocycles. The average Bonchev–Trinajstić information content (AvgIpc) is 3.23. The van der Waals surface area contributed by atoms with E-state index >= 15 is 0 Å². The van der Waals surface area contributed by atoms with Crippen molar-refractivity contribution in [1.82, 2.24) is 14.5 Å². The van der Waals surface area contributed by atoms with Crippen LogP contribution in [0.15, 0.2) is 97.1 Å². The molecule has 0 N–H and O–H groups in total. The molecule has 0 fully saturated rings. The molecule has 0 bridgehead atoms. The van der Waals surface area contributed by atoms with Gasteiger partial charge in [-0.25, -0.2) is 4.98 Å². The van der Waals surface area contributed by atoms with Crippen molar-refractivity contribution < 1.29 is 9.53 Å². The van der Waals surface area contributed by atoms with Crippen LogP contribution in [0.3, 0.4) is 0 Å². The normalized spacial score (nSPS) is 11.3. The second-order valence-electron chi connectivity index (χ2n) is 9.00. The molecular formula is C30H29N3O2. The van der Waals surface area contributed by atoms with Crippen LogP contribution in [0.5, 0.6) is 5.75 Å². The fourth-order valence-electron chi connectivity index (χ4n) is 4.38. The second-order valence-corrected chi connectivity index (χ2v) is 9.00. The van der Waals surface area contributed by atoms with Crippen LogP contribution in [0.4, 0.5) is 0 Å². The first kappa shape index (κ1) is 22.7. The molecule has 1 amide bonds. The number of hydrogen-bond acceptors (Lipinski definition) is 3. The van der Waals surface area contributed by atoms with Crippen molar-refractivity contribution in [3.63, 3.8) is 0 Å². The van der Waals surface area contributed by atoms with Gasteiger partial charge in [-0.1, -0.05) is 72.8 Å². The predicted octanol–water partition coefficient (Wildman–Crippen LogP) is 6.21. The molecular weight excluding hydrogens is 434 g/mol. The summed E-state index contributed by atoms with van der Waals surface area (Å²) < 4.78 is 8.13. The summed E-state index contributed by atoms with van der Waals surface area (Å²) in [4.78, 5) is 20.2. The lowest BCUT2D eigenvalue weighted by Gasteiger charge is -2.27. The zero-order valence-electron chi connectivity index (χ0n) is 20.1. The highest BCUT2D eigenvalue weighted by Crippen LogP contribution is 2.23. The lowest BCUT2D eigenvalue weighted by molar-refractivity contribution is -0.134. The Kier molecular flexibility index (Phi) is 6.49. The Labute approximate surface area is 205 Å². The molecule has 35 heavy (non-hydrogen) atoms. The number of aromatic nitrogens is 2. The minimum absolute atomic E-state index is 0.0546. The molecule has 0 spiro atoms. The molecule has 0 radical (unpaired) electrons. The van der Waals surface area contributed by atoms with Gasteiger partial charge in [-0.05, 0) is 54.4 Å². The summed E-state index contributed by atoms with van der Waals surface area (Å²) in [6.45, 7) is 5.17. The highest BCUT2D eigenvalue weighted by Gasteiger charge is 2.21. The van der Waals surface area contributed by atoms with E-state index in [-0.39, 0.29) is 25.1 Å². The van der Waals surface area contributed by atoms with Gasteiger partial charge in [0.2, 0.25) is 5.91 Å². The zero-order valence-corrected chi connectivity index (χ0v) is 20.1. The summed E-state index contributed by atoms with van der Waals surface area (Å²) in [5.41, 5.74) is 2.91. The van der Waals surface area contributed by atoms with Crippen molar-refractivity contribution in [3.05, 3.63) is 108 Å². The van der Waals surface area contributed by atoms with Crippen LogP contribution in [0.1, 0.15) is 25.2 Å². The summed E-state index contributed by atoms with van der Waals surface area (Å²) in [5, 5.41) is 2.30. The fourth-order valence-corrected chi connectivity index (χ4v) is 4.38. The van der Waals surface area contributed by atoms with Gasteiger partial charge >= 0.3 is 0 Å². The third-order valence-corrected chi connectivity index (χ3v) is 6.26.